The normalized spacial score (nSPS) is 14.7. The minimum atomic E-state index is -1.28. The van der Waals surface area contributed by atoms with Crippen LogP contribution in [-0.2, 0) is 16.1 Å². The van der Waals surface area contributed by atoms with Crippen LogP contribution in [0.25, 0.3) is 0 Å². The SMILES string of the molecule is CCC(C)(C)CC1=C(OC=O)C(c2ccc(OCc3ccccc3)cc2F)N(C(=O)c2cccnn2)c2cccc(O)c2N1. The summed E-state index contributed by atoms with van der Waals surface area (Å²) >= 11 is 0. The summed E-state index contributed by atoms with van der Waals surface area (Å²) in [5, 5.41) is 22.1. The van der Waals surface area contributed by atoms with Crippen LogP contribution in [0, 0.1) is 11.2 Å². The topological polar surface area (TPSA) is 114 Å². The molecular weight excluding hydrogens is 563 g/mol. The summed E-state index contributed by atoms with van der Waals surface area (Å²) in [6.07, 6.45) is 2.54. The Morgan fingerprint density at radius 1 is 1.09 bits per heavy atom. The second-order valence-corrected chi connectivity index (χ2v) is 11.2. The van der Waals surface area contributed by atoms with Crippen molar-refractivity contribution in [1.29, 1.82) is 0 Å². The van der Waals surface area contributed by atoms with Gasteiger partial charge in [0, 0.05) is 17.8 Å². The van der Waals surface area contributed by atoms with Gasteiger partial charge >= 0.3 is 0 Å². The number of fused-ring (bicyclic) bond motifs is 1. The van der Waals surface area contributed by atoms with Crippen LogP contribution in [0.5, 0.6) is 11.5 Å². The number of nitrogens with one attached hydrogen (secondary N) is 1. The van der Waals surface area contributed by atoms with E-state index in [-0.39, 0.29) is 58.4 Å². The molecule has 0 saturated carbocycles. The van der Waals surface area contributed by atoms with Crippen molar-refractivity contribution >= 4 is 23.8 Å². The molecule has 0 bridgehead atoms. The van der Waals surface area contributed by atoms with Crippen LogP contribution in [0.2, 0.25) is 0 Å². The van der Waals surface area contributed by atoms with Gasteiger partial charge in [0.2, 0.25) is 0 Å². The van der Waals surface area contributed by atoms with Crippen LogP contribution in [0.4, 0.5) is 15.8 Å². The number of amides is 1. The van der Waals surface area contributed by atoms with E-state index in [0.29, 0.717) is 12.1 Å². The highest BCUT2D eigenvalue weighted by Crippen LogP contribution is 2.48. The van der Waals surface area contributed by atoms with Crippen LogP contribution < -0.4 is 15.0 Å². The number of anilines is 2. The summed E-state index contributed by atoms with van der Waals surface area (Å²) in [7, 11) is 0. The average Bonchev–Trinajstić information content (AvgIpc) is 3.16. The molecule has 1 unspecified atom stereocenters. The summed E-state index contributed by atoms with van der Waals surface area (Å²) in [6, 6.07) is 20.2. The predicted octanol–water partition coefficient (Wildman–Crippen LogP) is 6.92. The Balaban J connectivity index is 1.71. The number of ether oxygens (including phenoxy) is 2. The van der Waals surface area contributed by atoms with Crippen LogP contribution in [0.3, 0.4) is 0 Å². The summed E-state index contributed by atoms with van der Waals surface area (Å²) < 4.78 is 27.7. The first-order chi connectivity index (χ1) is 21.2. The number of halogens is 1. The second-order valence-electron chi connectivity index (χ2n) is 11.2. The second kappa shape index (κ2) is 12.9. The lowest BCUT2D eigenvalue weighted by Crippen LogP contribution is -2.37. The molecule has 0 radical (unpaired) electrons. The molecule has 1 aromatic heterocycles. The van der Waals surface area contributed by atoms with Gasteiger partial charge in [0.25, 0.3) is 12.4 Å². The monoisotopic (exact) mass is 596 g/mol. The summed E-state index contributed by atoms with van der Waals surface area (Å²) in [5.41, 5.74) is 1.46. The zero-order valence-electron chi connectivity index (χ0n) is 24.7. The Bertz CT molecular complexity index is 1680. The number of nitrogens with zero attached hydrogens (tertiary/aromatic N) is 3. The molecule has 0 aliphatic carbocycles. The lowest BCUT2D eigenvalue weighted by Gasteiger charge is -2.32. The van der Waals surface area contributed by atoms with Gasteiger partial charge in [-0.05, 0) is 53.8 Å². The Labute approximate surface area is 255 Å². The molecule has 3 aromatic carbocycles. The van der Waals surface area contributed by atoms with Gasteiger partial charge < -0.3 is 19.9 Å². The smallest absolute Gasteiger partial charge is 0.298 e. The first-order valence-corrected chi connectivity index (χ1v) is 14.2. The summed E-state index contributed by atoms with van der Waals surface area (Å²) in [6.45, 7) is 6.57. The molecule has 1 aliphatic rings. The zero-order valence-corrected chi connectivity index (χ0v) is 24.7. The van der Waals surface area contributed by atoms with E-state index in [1.807, 2.05) is 51.1 Å². The maximum Gasteiger partial charge on any atom is 0.298 e. The van der Waals surface area contributed by atoms with Gasteiger partial charge in [-0.3, -0.25) is 14.5 Å². The molecule has 0 spiro atoms. The molecule has 0 fully saturated rings. The molecule has 2 N–H and O–H groups in total. The van der Waals surface area contributed by atoms with Crippen LogP contribution in [-0.4, -0.2) is 27.7 Å². The largest absolute Gasteiger partial charge is 0.506 e. The van der Waals surface area contributed by atoms with E-state index in [1.165, 1.54) is 35.4 Å². The maximum atomic E-state index is 16.3. The third-order valence-electron chi connectivity index (χ3n) is 7.67. The van der Waals surface area contributed by atoms with Crippen molar-refractivity contribution in [1.82, 2.24) is 10.2 Å². The molecule has 1 aliphatic heterocycles. The van der Waals surface area contributed by atoms with Crippen molar-refractivity contribution in [2.24, 2.45) is 5.41 Å². The van der Waals surface area contributed by atoms with Crippen molar-refractivity contribution in [2.45, 2.75) is 46.3 Å². The molecule has 5 rings (SSSR count). The van der Waals surface area contributed by atoms with Crippen molar-refractivity contribution in [2.75, 3.05) is 10.2 Å². The van der Waals surface area contributed by atoms with E-state index in [0.717, 1.165) is 12.0 Å². The molecule has 10 heteroatoms. The number of aromatic hydroxyl groups is 1. The van der Waals surface area contributed by atoms with Gasteiger partial charge in [-0.1, -0.05) is 63.6 Å². The molecule has 9 nitrogen and oxygen atoms in total. The van der Waals surface area contributed by atoms with Gasteiger partial charge in [0.15, 0.2) is 11.5 Å². The minimum Gasteiger partial charge on any atom is -0.506 e. The van der Waals surface area contributed by atoms with Gasteiger partial charge in [-0.15, -0.1) is 5.10 Å². The number of carbonyl (C=O) groups is 2. The highest BCUT2D eigenvalue weighted by molar-refractivity contribution is 6.08. The lowest BCUT2D eigenvalue weighted by atomic mass is 9.84. The Hall–Kier alpha value is -5.25. The van der Waals surface area contributed by atoms with Crippen LogP contribution in [0.15, 0.2) is 96.5 Å². The third kappa shape index (κ3) is 6.39. The number of hydrogen-bond acceptors (Lipinski definition) is 8. The number of para-hydroxylation sites is 1. The lowest BCUT2D eigenvalue weighted by molar-refractivity contribution is -0.125. The number of rotatable bonds is 10. The fourth-order valence-electron chi connectivity index (χ4n) is 5.02. The number of allylic oxidation sites excluding steroid dienone is 1. The number of carbonyl (C=O) groups excluding carboxylic acids is 2. The molecule has 44 heavy (non-hydrogen) atoms. The average molecular weight is 597 g/mol. The van der Waals surface area contributed by atoms with E-state index in [1.54, 1.807) is 24.3 Å². The Morgan fingerprint density at radius 3 is 2.57 bits per heavy atom. The van der Waals surface area contributed by atoms with Crippen molar-refractivity contribution in [3.8, 4) is 11.5 Å². The summed E-state index contributed by atoms with van der Waals surface area (Å²) in [4.78, 5) is 27.5. The van der Waals surface area contributed by atoms with Crippen LogP contribution in [0.1, 0.15) is 61.3 Å². The summed E-state index contributed by atoms with van der Waals surface area (Å²) in [5.74, 6) is -1.21. The molecule has 1 atom stereocenters. The predicted molar refractivity (Wildman–Crippen MR) is 163 cm³/mol. The van der Waals surface area contributed by atoms with E-state index >= 15 is 4.39 Å². The number of hydrogen-bond donors (Lipinski definition) is 2. The fraction of sp³-hybridized carbons (Fsp3) is 0.235. The zero-order chi connectivity index (χ0) is 31.3. The van der Waals surface area contributed by atoms with Crippen molar-refractivity contribution in [3.05, 3.63) is 119 Å². The van der Waals surface area contributed by atoms with E-state index < -0.39 is 17.8 Å². The number of phenols is 1. The minimum absolute atomic E-state index is 0.00576. The molecule has 2 heterocycles. The first-order valence-electron chi connectivity index (χ1n) is 14.2. The highest BCUT2D eigenvalue weighted by atomic mass is 19.1. The molecule has 4 aromatic rings. The van der Waals surface area contributed by atoms with E-state index in [4.69, 9.17) is 9.47 Å². The van der Waals surface area contributed by atoms with E-state index in [2.05, 4.69) is 15.5 Å². The first kappa shape index (κ1) is 30.2. The molecule has 1 amide bonds. The maximum absolute atomic E-state index is 16.3. The van der Waals surface area contributed by atoms with Gasteiger partial charge in [0.1, 0.15) is 35.7 Å². The quantitative estimate of drug-likeness (QED) is 0.150. The van der Waals surface area contributed by atoms with Gasteiger partial charge in [-0.25, -0.2) is 4.39 Å². The standard InChI is InChI=1S/C34H33FN4O5/c1-4-34(2,3)19-27-32(44-21-40)31(24-16-15-23(18-25(24)35)43-20-22-10-6-5-7-11-22)39(33(42)26-12-9-17-36-38-26)28-13-8-14-29(41)30(28)37-27/h5-18,21,31,37,41H,4,19-20H2,1-3H3. The van der Waals surface area contributed by atoms with E-state index in [9.17, 15) is 14.7 Å². The third-order valence-corrected chi connectivity index (χ3v) is 7.67. The highest BCUT2D eigenvalue weighted by Gasteiger charge is 2.41. The number of aromatic nitrogens is 2. The van der Waals surface area contributed by atoms with Crippen molar-refractivity contribution < 1.29 is 28.6 Å². The fourth-order valence-corrected chi connectivity index (χ4v) is 5.02. The number of benzene rings is 3. The van der Waals surface area contributed by atoms with Crippen LogP contribution >= 0.6 is 0 Å². The van der Waals surface area contributed by atoms with Crippen molar-refractivity contribution in [3.63, 3.8) is 0 Å². The molecular formula is C34H33FN4O5. The molecule has 226 valence electrons. The Morgan fingerprint density at radius 2 is 1.89 bits per heavy atom. The molecule has 0 saturated heterocycles. The number of phenolic OH excluding ortho intramolecular Hbond substituents is 1. The van der Waals surface area contributed by atoms with Gasteiger partial charge in [0.05, 0.1) is 11.4 Å². The Kier molecular flexibility index (Phi) is 8.89. The van der Waals surface area contributed by atoms with Gasteiger partial charge in [-0.2, -0.15) is 5.10 Å².